The zero-order chi connectivity index (χ0) is 12.8. The fourth-order valence-electron chi connectivity index (χ4n) is 1.83. The molecule has 0 aliphatic rings. The van der Waals surface area contributed by atoms with Crippen LogP contribution in [0.25, 0.3) is 0 Å². The molecule has 0 aliphatic carbocycles. The van der Waals surface area contributed by atoms with Crippen molar-refractivity contribution in [3.63, 3.8) is 0 Å². The van der Waals surface area contributed by atoms with Crippen LogP contribution >= 0.6 is 11.6 Å². The van der Waals surface area contributed by atoms with Crippen LogP contribution < -0.4 is 5.73 Å². The Kier molecular flexibility index (Phi) is 5.65. The van der Waals surface area contributed by atoms with Crippen LogP contribution in [0.1, 0.15) is 50.0 Å². The average molecular weight is 258 g/mol. The SMILES string of the molecule is CCCC(N)CC(=O)c1c(Cl)cnn1CCC. The van der Waals surface area contributed by atoms with Crippen molar-refractivity contribution in [2.24, 2.45) is 5.73 Å². The van der Waals surface area contributed by atoms with Gasteiger partial charge in [-0.1, -0.05) is 31.9 Å². The molecule has 17 heavy (non-hydrogen) atoms. The van der Waals surface area contributed by atoms with E-state index in [0.29, 0.717) is 23.7 Å². The lowest BCUT2D eigenvalue weighted by molar-refractivity contribution is 0.0962. The fourth-order valence-corrected chi connectivity index (χ4v) is 2.08. The van der Waals surface area contributed by atoms with Crippen LogP contribution in [0, 0.1) is 0 Å². The van der Waals surface area contributed by atoms with Crippen LogP contribution in [0.5, 0.6) is 0 Å². The van der Waals surface area contributed by atoms with Crippen molar-refractivity contribution in [3.8, 4) is 0 Å². The maximum atomic E-state index is 12.1. The maximum Gasteiger partial charge on any atom is 0.183 e. The van der Waals surface area contributed by atoms with Gasteiger partial charge in [-0.25, -0.2) is 0 Å². The minimum absolute atomic E-state index is 0.0121. The van der Waals surface area contributed by atoms with Gasteiger partial charge < -0.3 is 5.73 Å². The van der Waals surface area contributed by atoms with Gasteiger partial charge in [-0.15, -0.1) is 0 Å². The number of aryl methyl sites for hydroxylation is 1. The van der Waals surface area contributed by atoms with Crippen LogP contribution in [-0.4, -0.2) is 21.6 Å². The number of nitrogens with zero attached hydrogens (tertiary/aromatic N) is 2. The molecule has 0 aromatic carbocycles. The third-order valence-electron chi connectivity index (χ3n) is 2.60. The molecule has 0 saturated carbocycles. The lowest BCUT2D eigenvalue weighted by Crippen LogP contribution is -2.25. The summed E-state index contributed by atoms with van der Waals surface area (Å²) in [6.07, 6.45) is 4.61. The monoisotopic (exact) mass is 257 g/mol. The summed E-state index contributed by atoms with van der Waals surface area (Å²) in [5.41, 5.74) is 6.37. The molecule has 4 nitrogen and oxygen atoms in total. The fraction of sp³-hybridized carbons (Fsp3) is 0.667. The molecule has 1 unspecified atom stereocenters. The van der Waals surface area contributed by atoms with Crippen LogP contribution in [-0.2, 0) is 6.54 Å². The van der Waals surface area contributed by atoms with E-state index in [-0.39, 0.29) is 11.8 Å². The maximum absolute atomic E-state index is 12.1. The Bertz CT molecular complexity index is 376. The number of halogens is 1. The zero-order valence-corrected chi connectivity index (χ0v) is 11.2. The Morgan fingerprint density at radius 1 is 1.53 bits per heavy atom. The van der Waals surface area contributed by atoms with Gasteiger partial charge in [0.2, 0.25) is 0 Å². The molecule has 0 saturated heterocycles. The molecule has 0 fully saturated rings. The van der Waals surface area contributed by atoms with Gasteiger partial charge in [0.25, 0.3) is 0 Å². The van der Waals surface area contributed by atoms with Gasteiger partial charge in [-0.2, -0.15) is 5.10 Å². The van der Waals surface area contributed by atoms with E-state index in [9.17, 15) is 4.79 Å². The second kappa shape index (κ2) is 6.77. The second-order valence-electron chi connectivity index (χ2n) is 4.24. The lowest BCUT2D eigenvalue weighted by Gasteiger charge is -2.10. The summed E-state index contributed by atoms with van der Waals surface area (Å²) in [6.45, 7) is 4.79. The lowest BCUT2D eigenvalue weighted by atomic mass is 10.0. The number of aromatic nitrogens is 2. The molecule has 1 rings (SSSR count). The summed E-state index contributed by atoms with van der Waals surface area (Å²) in [6, 6.07) is -0.0893. The Morgan fingerprint density at radius 3 is 2.82 bits per heavy atom. The number of nitrogens with two attached hydrogens (primary N) is 1. The highest BCUT2D eigenvalue weighted by Crippen LogP contribution is 2.18. The standard InChI is InChI=1S/C12H20ClN3O/c1-3-5-9(14)7-11(17)12-10(13)8-15-16(12)6-4-2/h8-9H,3-7,14H2,1-2H3. The Morgan fingerprint density at radius 2 is 2.24 bits per heavy atom. The smallest absolute Gasteiger partial charge is 0.183 e. The van der Waals surface area contributed by atoms with Crippen molar-refractivity contribution in [1.29, 1.82) is 0 Å². The first kappa shape index (κ1) is 14.2. The minimum atomic E-state index is -0.0893. The molecule has 2 N–H and O–H groups in total. The molecule has 1 heterocycles. The number of rotatable bonds is 7. The highest BCUT2D eigenvalue weighted by atomic mass is 35.5. The van der Waals surface area contributed by atoms with Gasteiger partial charge in [-0.05, 0) is 12.8 Å². The van der Waals surface area contributed by atoms with Crippen molar-refractivity contribution in [1.82, 2.24) is 9.78 Å². The third kappa shape index (κ3) is 3.82. The van der Waals surface area contributed by atoms with Crippen LogP contribution in [0.4, 0.5) is 0 Å². The van der Waals surface area contributed by atoms with Crippen LogP contribution in [0.2, 0.25) is 5.02 Å². The quantitative estimate of drug-likeness (QED) is 0.764. The van der Waals surface area contributed by atoms with Gasteiger partial charge in [0, 0.05) is 19.0 Å². The molecule has 96 valence electrons. The largest absolute Gasteiger partial charge is 0.327 e. The molecule has 0 radical (unpaired) electrons. The van der Waals surface area contributed by atoms with E-state index in [0.717, 1.165) is 19.3 Å². The Labute approximate surface area is 107 Å². The second-order valence-corrected chi connectivity index (χ2v) is 4.65. The summed E-state index contributed by atoms with van der Waals surface area (Å²) < 4.78 is 1.67. The van der Waals surface area contributed by atoms with Crippen molar-refractivity contribution < 1.29 is 4.79 Å². The van der Waals surface area contributed by atoms with Crippen LogP contribution in [0.3, 0.4) is 0 Å². The van der Waals surface area contributed by atoms with Gasteiger partial charge >= 0.3 is 0 Å². The molecular weight excluding hydrogens is 238 g/mol. The third-order valence-corrected chi connectivity index (χ3v) is 2.88. The van der Waals surface area contributed by atoms with E-state index in [4.69, 9.17) is 17.3 Å². The number of carbonyl (C=O) groups is 1. The first-order chi connectivity index (χ1) is 8.10. The van der Waals surface area contributed by atoms with Crippen molar-refractivity contribution >= 4 is 17.4 Å². The Hall–Kier alpha value is -0.870. The summed E-state index contributed by atoms with van der Waals surface area (Å²) in [4.78, 5) is 12.1. The topological polar surface area (TPSA) is 60.9 Å². The number of hydrogen-bond acceptors (Lipinski definition) is 3. The summed E-state index contributed by atoms with van der Waals surface area (Å²) in [7, 11) is 0. The molecule has 0 amide bonds. The van der Waals surface area contributed by atoms with E-state index in [1.165, 1.54) is 6.20 Å². The molecule has 0 spiro atoms. The van der Waals surface area contributed by atoms with E-state index in [2.05, 4.69) is 12.0 Å². The molecule has 0 aliphatic heterocycles. The van der Waals surface area contributed by atoms with Gasteiger partial charge in [-0.3, -0.25) is 9.48 Å². The normalized spacial score (nSPS) is 12.7. The predicted octanol–water partition coefficient (Wildman–Crippen LogP) is 2.65. The van der Waals surface area contributed by atoms with E-state index >= 15 is 0 Å². The van der Waals surface area contributed by atoms with Gasteiger partial charge in [0.1, 0.15) is 5.69 Å². The van der Waals surface area contributed by atoms with E-state index in [1.807, 2.05) is 6.92 Å². The summed E-state index contributed by atoms with van der Waals surface area (Å²) in [5.74, 6) is -0.0121. The van der Waals surface area contributed by atoms with Crippen LogP contribution in [0.15, 0.2) is 6.20 Å². The van der Waals surface area contributed by atoms with Crippen molar-refractivity contribution in [2.75, 3.05) is 0 Å². The zero-order valence-electron chi connectivity index (χ0n) is 10.4. The summed E-state index contributed by atoms with van der Waals surface area (Å²) >= 11 is 5.99. The first-order valence-electron chi connectivity index (χ1n) is 6.10. The molecule has 1 aromatic heterocycles. The van der Waals surface area contributed by atoms with Gasteiger partial charge in [0.05, 0.1) is 11.2 Å². The summed E-state index contributed by atoms with van der Waals surface area (Å²) in [5, 5.41) is 4.53. The molecule has 1 aromatic rings. The number of hydrogen-bond donors (Lipinski definition) is 1. The van der Waals surface area contributed by atoms with Crippen molar-refractivity contribution in [3.05, 3.63) is 16.9 Å². The number of ketones is 1. The first-order valence-corrected chi connectivity index (χ1v) is 6.48. The minimum Gasteiger partial charge on any atom is -0.327 e. The number of Topliss-reactive ketones (excluding diaryl/α,β-unsaturated/α-hetero) is 1. The Balaban J connectivity index is 2.77. The molecular formula is C12H20ClN3O. The number of carbonyl (C=O) groups excluding carboxylic acids is 1. The van der Waals surface area contributed by atoms with Gasteiger partial charge in [0.15, 0.2) is 5.78 Å². The molecule has 1 atom stereocenters. The molecule has 5 heteroatoms. The highest BCUT2D eigenvalue weighted by Gasteiger charge is 2.19. The highest BCUT2D eigenvalue weighted by molar-refractivity contribution is 6.33. The van der Waals surface area contributed by atoms with E-state index < -0.39 is 0 Å². The average Bonchev–Trinajstić information content (AvgIpc) is 2.60. The predicted molar refractivity (Wildman–Crippen MR) is 69.4 cm³/mol. The van der Waals surface area contributed by atoms with Crippen molar-refractivity contribution in [2.45, 2.75) is 52.1 Å². The van der Waals surface area contributed by atoms with E-state index in [1.54, 1.807) is 4.68 Å². The molecule has 0 bridgehead atoms.